The van der Waals surface area contributed by atoms with Crippen molar-refractivity contribution in [2.75, 3.05) is 11.1 Å². The van der Waals surface area contributed by atoms with Crippen molar-refractivity contribution >= 4 is 28.9 Å². The van der Waals surface area contributed by atoms with Crippen LogP contribution in [0.4, 0.5) is 11.4 Å². The quantitative estimate of drug-likeness (QED) is 0.741. The lowest BCUT2D eigenvalue weighted by Gasteiger charge is -2.28. The maximum atomic E-state index is 11.7. The minimum Gasteiger partial charge on any atom is -0.477 e. The van der Waals surface area contributed by atoms with Crippen molar-refractivity contribution in [1.29, 1.82) is 0 Å². The fourth-order valence-electron chi connectivity index (χ4n) is 1.65. The van der Waals surface area contributed by atoms with Crippen LogP contribution < -0.4 is 15.8 Å². The third kappa shape index (κ3) is 1.80. The fourth-order valence-corrected chi connectivity index (χ4v) is 1.92. The summed E-state index contributed by atoms with van der Waals surface area (Å²) in [6.45, 7) is 3.83. The molecule has 4 nitrogen and oxygen atoms in total. The van der Waals surface area contributed by atoms with Crippen molar-refractivity contribution in [2.45, 2.75) is 20.0 Å². The van der Waals surface area contributed by atoms with Crippen LogP contribution in [0.25, 0.3) is 0 Å². The molecule has 1 aromatic carbocycles. The van der Waals surface area contributed by atoms with Gasteiger partial charge in [-0.25, -0.2) is 0 Å². The first-order valence-electron chi connectivity index (χ1n) is 5.05. The molecule has 1 aromatic rings. The molecule has 0 aliphatic carbocycles. The number of halogens is 1. The Bertz CT molecular complexity index is 446. The molecule has 0 fully saturated rings. The highest BCUT2D eigenvalue weighted by atomic mass is 35.5. The summed E-state index contributed by atoms with van der Waals surface area (Å²) in [6, 6.07) is 3.24. The predicted molar refractivity (Wildman–Crippen MR) is 63.7 cm³/mol. The normalized spacial score (nSPS) is 19.0. The molecular formula is C11H13ClN2O2. The molecule has 1 aliphatic heterocycles. The van der Waals surface area contributed by atoms with E-state index in [1.807, 2.05) is 13.8 Å². The summed E-state index contributed by atoms with van der Waals surface area (Å²) in [5.41, 5.74) is 6.66. The van der Waals surface area contributed by atoms with E-state index in [9.17, 15) is 4.79 Å². The van der Waals surface area contributed by atoms with Gasteiger partial charge in [-0.2, -0.15) is 0 Å². The predicted octanol–water partition coefficient (Wildman–Crippen LogP) is 2.28. The Kier molecular flexibility index (Phi) is 2.68. The molecule has 1 aliphatic rings. The standard InChI is InChI=1S/C11H13ClN2O2/c1-5(2)9-11(15)14-8-4-6(13)3-7(12)10(8)16-9/h3-5,9H,13H2,1-2H3,(H,14,15). The molecule has 0 aromatic heterocycles. The second-order valence-electron chi connectivity index (χ2n) is 4.15. The van der Waals surface area contributed by atoms with E-state index >= 15 is 0 Å². The number of hydrogen-bond donors (Lipinski definition) is 2. The van der Waals surface area contributed by atoms with Crippen LogP contribution in [-0.2, 0) is 4.79 Å². The molecule has 86 valence electrons. The number of nitrogens with one attached hydrogen (secondary N) is 1. The second kappa shape index (κ2) is 3.87. The van der Waals surface area contributed by atoms with E-state index in [1.54, 1.807) is 12.1 Å². The number of amides is 1. The smallest absolute Gasteiger partial charge is 0.265 e. The van der Waals surface area contributed by atoms with Gasteiger partial charge >= 0.3 is 0 Å². The highest BCUT2D eigenvalue weighted by molar-refractivity contribution is 6.33. The van der Waals surface area contributed by atoms with Crippen LogP contribution in [0.15, 0.2) is 12.1 Å². The molecular weight excluding hydrogens is 228 g/mol. The number of fused-ring (bicyclic) bond motifs is 1. The van der Waals surface area contributed by atoms with Crippen molar-refractivity contribution in [3.05, 3.63) is 17.2 Å². The van der Waals surface area contributed by atoms with Crippen molar-refractivity contribution in [3.8, 4) is 5.75 Å². The lowest BCUT2D eigenvalue weighted by Crippen LogP contribution is -2.40. The van der Waals surface area contributed by atoms with Crippen molar-refractivity contribution < 1.29 is 9.53 Å². The molecule has 0 saturated heterocycles. The topological polar surface area (TPSA) is 64.3 Å². The van der Waals surface area contributed by atoms with Gasteiger partial charge in [0.1, 0.15) is 0 Å². The van der Waals surface area contributed by atoms with Crippen LogP contribution in [0.5, 0.6) is 5.75 Å². The van der Waals surface area contributed by atoms with Crippen molar-refractivity contribution in [2.24, 2.45) is 5.92 Å². The van der Waals surface area contributed by atoms with E-state index in [1.165, 1.54) is 0 Å². The Morgan fingerprint density at radius 2 is 2.19 bits per heavy atom. The lowest BCUT2D eigenvalue weighted by atomic mass is 10.0. The minimum absolute atomic E-state index is 0.0850. The van der Waals surface area contributed by atoms with Gasteiger partial charge in [0.25, 0.3) is 5.91 Å². The molecule has 0 radical (unpaired) electrons. The number of rotatable bonds is 1. The zero-order chi connectivity index (χ0) is 11.9. The van der Waals surface area contributed by atoms with Gasteiger partial charge < -0.3 is 15.8 Å². The Morgan fingerprint density at radius 3 is 2.81 bits per heavy atom. The maximum absolute atomic E-state index is 11.7. The number of carbonyl (C=O) groups excluding carboxylic acids is 1. The SMILES string of the molecule is CC(C)C1Oc2c(Cl)cc(N)cc2NC1=O. The number of nitrogen functional groups attached to an aromatic ring is 1. The van der Waals surface area contributed by atoms with Gasteiger partial charge in [-0.05, 0) is 18.1 Å². The summed E-state index contributed by atoms with van der Waals surface area (Å²) < 4.78 is 5.59. The highest BCUT2D eigenvalue weighted by Crippen LogP contribution is 2.39. The molecule has 2 rings (SSSR count). The molecule has 1 amide bonds. The number of nitrogens with two attached hydrogens (primary N) is 1. The fraction of sp³-hybridized carbons (Fsp3) is 0.364. The molecule has 16 heavy (non-hydrogen) atoms. The van der Waals surface area contributed by atoms with E-state index in [2.05, 4.69) is 5.32 Å². The summed E-state index contributed by atoms with van der Waals surface area (Å²) >= 11 is 6.01. The van der Waals surface area contributed by atoms with Gasteiger partial charge in [0, 0.05) is 5.69 Å². The average molecular weight is 241 g/mol. The number of ether oxygens (including phenoxy) is 1. The van der Waals surface area contributed by atoms with Crippen LogP contribution in [0.1, 0.15) is 13.8 Å². The highest BCUT2D eigenvalue weighted by Gasteiger charge is 2.31. The van der Waals surface area contributed by atoms with Crippen LogP contribution in [-0.4, -0.2) is 12.0 Å². The van der Waals surface area contributed by atoms with Gasteiger partial charge in [-0.1, -0.05) is 25.4 Å². The second-order valence-corrected chi connectivity index (χ2v) is 4.56. The molecule has 0 bridgehead atoms. The first-order chi connectivity index (χ1) is 7.49. The monoisotopic (exact) mass is 240 g/mol. The Hall–Kier alpha value is -1.42. The van der Waals surface area contributed by atoms with E-state index in [4.69, 9.17) is 22.1 Å². The van der Waals surface area contributed by atoms with Crippen LogP contribution in [0.2, 0.25) is 5.02 Å². The maximum Gasteiger partial charge on any atom is 0.265 e. The van der Waals surface area contributed by atoms with Crippen molar-refractivity contribution in [1.82, 2.24) is 0 Å². The molecule has 0 saturated carbocycles. The Labute approximate surface area is 98.7 Å². The largest absolute Gasteiger partial charge is 0.477 e. The summed E-state index contributed by atoms with van der Waals surface area (Å²) in [4.78, 5) is 11.7. The van der Waals surface area contributed by atoms with Crippen LogP contribution >= 0.6 is 11.6 Å². The summed E-state index contributed by atoms with van der Waals surface area (Å²) in [5, 5.41) is 3.16. The molecule has 5 heteroatoms. The molecule has 1 atom stereocenters. The third-order valence-corrected chi connectivity index (χ3v) is 2.71. The van der Waals surface area contributed by atoms with Gasteiger partial charge in [0.05, 0.1) is 10.7 Å². The third-order valence-electron chi connectivity index (χ3n) is 2.43. The van der Waals surface area contributed by atoms with Crippen LogP contribution in [0, 0.1) is 5.92 Å². The lowest BCUT2D eigenvalue weighted by molar-refractivity contribution is -0.125. The molecule has 0 spiro atoms. The van der Waals surface area contributed by atoms with E-state index in [-0.39, 0.29) is 11.8 Å². The minimum atomic E-state index is -0.506. The van der Waals surface area contributed by atoms with Gasteiger partial charge in [0.15, 0.2) is 11.9 Å². The number of hydrogen-bond acceptors (Lipinski definition) is 3. The van der Waals surface area contributed by atoms with E-state index in [0.29, 0.717) is 22.1 Å². The number of carbonyl (C=O) groups is 1. The Balaban J connectivity index is 2.43. The van der Waals surface area contributed by atoms with Gasteiger partial charge in [0.2, 0.25) is 0 Å². The van der Waals surface area contributed by atoms with E-state index < -0.39 is 6.10 Å². The average Bonchev–Trinajstić information content (AvgIpc) is 2.15. The molecule has 3 N–H and O–H groups in total. The number of benzene rings is 1. The summed E-state index contributed by atoms with van der Waals surface area (Å²) in [6.07, 6.45) is -0.506. The molecule has 1 heterocycles. The zero-order valence-corrected chi connectivity index (χ0v) is 9.84. The van der Waals surface area contributed by atoms with Crippen LogP contribution in [0.3, 0.4) is 0 Å². The zero-order valence-electron chi connectivity index (χ0n) is 9.08. The van der Waals surface area contributed by atoms with Gasteiger partial charge in [-0.3, -0.25) is 4.79 Å². The molecule has 1 unspecified atom stereocenters. The number of anilines is 2. The summed E-state index contributed by atoms with van der Waals surface area (Å²) in [5.74, 6) is 0.417. The Morgan fingerprint density at radius 1 is 1.50 bits per heavy atom. The van der Waals surface area contributed by atoms with Gasteiger partial charge in [-0.15, -0.1) is 0 Å². The first-order valence-corrected chi connectivity index (χ1v) is 5.43. The first kappa shape index (κ1) is 11.1. The summed E-state index contributed by atoms with van der Waals surface area (Å²) in [7, 11) is 0. The van der Waals surface area contributed by atoms with Crippen molar-refractivity contribution in [3.63, 3.8) is 0 Å². The van der Waals surface area contributed by atoms with E-state index in [0.717, 1.165) is 0 Å².